The van der Waals surface area contributed by atoms with Gasteiger partial charge < -0.3 is 5.32 Å². The van der Waals surface area contributed by atoms with E-state index in [0.717, 1.165) is 4.90 Å². The summed E-state index contributed by atoms with van der Waals surface area (Å²) >= 11 is 0. The molecule has 3 heterocycles. The molecule has 3 aliphatic rings. The summed E-state index contributed by atoms with van der Waals surface area (Å²) in [5.74, 6) is -2.99. The lowest BCUT2D eigenvalue weighted by molar-refractivity contribution is -0.384. The third-order valence-corrected chi connectivity index (χ3v) is 6.10. The number of hydrogen-bond donors (Lipinski definition) is 2. The molecule has 29 heavy (non-hydrogen) atoms. The Morgan fingerprint density at radius 2 is 1.90 bits per heavy atom. The molecular formula is C20H16N4O5. The highest BCUT2D eigenvalue weighted by Crippen LogP contribution is 2.51. The molecular weight excluding hydrogens is 376 g/mol. The molecule has 1 spiro atoms. The topological polar surface area (TPSA) is 122 Å². The van der Waals surface area contributed by atoms with Gasteiger partial charge in [0.2, 0.25) is 17.7 Å². The van der Waals surface area contributed by atoms with Gasteiger partial charge in [0.05, 0.1) is 22.4 Å². The number of carbonyl (C=O) groups excluding carboxylic acids is 3. The summed E-state index contributed by atoms with van der Waals surface area (Å²) < 4.78 is 0. The Kier molecular flexibility index (Phi) is 3.45. The van der Waals surface area contributed by atoms with E-state index >= 15 is 0 Å². The van der Waals surface area contributed by atoms with E-state index in [1.165, 1.54) is 18.2 Å². The van der Waals surface area contributed by atoms with E-state index in [4.69, 9.17) is 0 Å². The molecule has 3 amide bonds. The van der Waals surface area contributed by atoms with Crippen molar-refractivity contribution in [1.82, 2.24) is 5.32 Å². The van der Waals surface area contributed by atoms with Gasteiger partial charge in [0.25, 0.3) is 5.69 Å². The lowest BCUT2D eigenvalue weighted by Gasteiger charge is -2.28. The normalized spacial score (nSPS) is 27.3. The minimum absolute atomic E-state index is 0.168. The maximum absolute atomic E-state index is 13.5. The first-order chi connectivity index (χ1) is 13.9. The molecule has 0 aromatic heterocycles. The van der Waals surface area contributed by atoms with E-state index in [9.17, 15) is 24.5 Å². The second-order valence-corrected chi connectivity index (χ2v) is 7.51. The molecule has 146 valence electrons. The van der Waals surface area contributed by atoms with Crippen LogP contribution in [-0.2, 0) is 19.9 Å². The van der Waals surface area contributed by atoms with Crippen LogP contribution in [0.5, 0.6) is 0 Å². The highest BCUT2D eigenvalue weighted by molar-refractivity contribution is 6.26. The number of hydrogen-bond acceptors (Lipinski definition) is 6. The van der Waals surface area contributed by atoms with Gasteiger partial charge in [0.15, 0.2) is 0 Å². The number of anilines is 2. The van der Waals surface area contributed by atoms with Crippen LogP contribution in [0.15, 0.2) is 42.5 Å². The predicted octanol–water partition coefficient (Wildman–Crippen LogP) is 1.46. The standard InChI is InChI=1S/C20H16N4O5/c1-10-6-7-11(24(28)29)8-15(10)23-17(25)12-9-21-20(16(12)18(23)26)13-4-2-3-5-14(13)22-19(20)27/h2-8,12,16,21H,9H2,1H3,(H,22,27)/t12-,16+,20+/m0/s1. The molecule has 0 unspecified atom stereocenters. The fraction of sp³-hybridized carbons (Fsp3) is 0.250. The van der Waals surface area contributed by atoms with Crippen molar-refractivity contribution in [2.75, 3.05) is 16.8 Å². The van der Waals surface area contributed by atoms with Crippen LogP contribution in [0.4, 0.5) is 17.1 Å². The van der Waals surface area contributed by atoms with Crippen molar-refractivity contribution in [2.45, 2.75) is 12.5 Å². The number of nitro groups is 1. The van der Waals surface area contributed by atoms with Gasteiger partial charge in [0, 0.05) is 29.9 Å². The van der Waals surface area contributed by atoms with E-state index in [-0.39, 0.29) is 23.8 Å². The minimum Gasteiger partial charge on any atom is -0.324 e. The van der Waals surface area contributed by atoms with Gasteiger partial charge in [0.1, 0.15) is 5.54 Å². The molecule has 2 N–H and O–H groups in total. The lowest BCUT2D eigenvalue weighted by atomic mass is 9.77. The Hall–Kier alpha value is -3.59. The Balaban J connectivity index is 1.63. The molecule has 3 aliphatic heterocycles. The largest absolute Gasteiger partial charge is 0.324 e. The van der Waals surface area contributed by atoms with Crippen LogP contribution in [-0.4, -0.2) is 29.2 Å². The van der Waals surface area contributed by atoms with Gasteiger partial charge in [-0.25, -0.2) is 4.90 Å². The summed E-state index contributed by atoms with van der Waals surface area (Å²) in [7, 11) is 0. The number of para-hydroxylation sites is 1. The smallest absolute Gasteiger partial charge is 0.271 e. The molecule has 0 radical (unpaired) electrons. The summed E-state index contributed by atoms with van der Waals surface area (Å²) in [6.07, 6.45) is 0. The minimum atomic E-state index is -1.32. The number of amides is 3. The van der Waals surface area contributed by atoms with Gasteiger partial charge >= 0.3 is 0 Å². The van der Waals surface area contributed by atoms with Crippen molar-refractivity contribution in [2.24, 2.45) is 11.8 Å². The third-order valence-electron chi connectivity index (χ3n) is 6.10. The highest BCUT2D eigenvalue weighted by atomic mass is 16.6. The summed E-state index contributed by atoms with van der Waals surface area (Å²) in [5.41, 5.74) is 0.463. The molecule has 5 rings (SSSR count). The molecule has 9 heteroatoms. The molecule has 2 aromatic carbocycles. The van der Waals surface area contributed by atoms with E-state index in [0.29, 0.717) is 16.8 Å². The number of non-ortho nitro benzene ring substituents is 1. The number of nitro benzene ring substituents is 1. The van der Waals surface area contributed by atoms with Crippen LogP contribution < -0.4 is 15.5 Å². The van der Waals surface area contributed by atoms with Crippen molar-refractivity contribution in [1.29, 1.82) is 0 Å². The first-order valence-corrected chi connectivity index (χ1v) is 9.15. The quantitative estimate of drug-likeness (QED) is 0.453. The Bertz CT molecular complexity index is 1130. The van der Waals surface area contributed by atoms with Gasteiger partial charge in [-0.15, -0.1) is 0 Å². The van der Waals surface area contributed by atoms with Crippen LogP contribution >= 0.6 is 0 Å². The number of aryl methyl sites for hydroxylation is 1. The summed E-state index contributed by atoms with van der Waals surface area (Å²) in [6.45, 7) is 1.85. The van der Waals surface area contributed by atoms with Crippen LogP contribution in [0.25, 0.3) is 0 Å². The van der Waals surface area contributed by atoms with Crippen LogP contribution in [0.3, 0.4) is 0 Å². The molecule has 2 saturated heterocycles. The molecule has 0 bridgehead atoms. The molecule has 0 saturated carbocycles. The summed E-state index contributed by atoms with van der Waals surface area (Å²) in [5, 5.41) is 17.1. The van der Waals surface area contributed by atoms with Crippen LogP contribution in [0, 0.1) is 28.9 Å². The maximum atomic E-state index is 13.5. The number of imide groups is 1. The zero-order valence-corrected chi connectivity index (χ0v) is 15.3. The Morgan fingerprint density at radius 1 is 1.14 bits per heavy atom. The summed E-state index contributed by atoms with van der Waals surface area (Å²) in [4.78, 5) is 51.2. The number of rotatable bonds is 2. The number of nitrogens with one attached hydrogen (secondary N) is 2. The molecule has 2 fully saturated rings. The van der Waals surface area contributed by atoms with Gasteiger partial charge in [-0.1, -0.05) is 24.3 Å². The lowest BCUT2D eigenvalue weighted by Crippen LogP contribution is -2.51. The number of benzene rings is 2. The monoisotopic (exact) mass is 392 g/mol. The van der Waals surface area contributed by atoms with Crippen molar-refractivity contribution >= 4 is 34.8 Å². The summed E-state index contributed by atoms with van der Waals surface area (Å²) in [6, 6.07) is 11.1. The average molecular weight is 392 g/mol. The van der Waals surface area contributed by atoms with Crippen LogP contribution in [0.2, 0.25) is 0 Å². The molecule has 0 aliphatic carbocycles. The number of nitrogens with zero attached hydrogens (tertiary/aromatic N) is 2. The average Bonchev–Trinajstić information content (AvgIpc) is 3.30. The van der Waals surface area contributed by atoms with Gasteiger partial charge in [-0.2, -0.15) is 0 Å². The second-order valence-electron chi connectivity index (χ2n) is 7.51. The maximum Gasteiger partial charge on any atom is 0.271 e. The number of fused-ring (bicyclic) bond motifs is 4. The zero-order chi connectivity index (χ0) is 20.5. The first-order valence-electron chi connectivity index (χ1n) is 9.15. The van der Waals surface area contributed by atoms with E-state index in [2.05, 4.69) is 10.6 Å². The van der Waals surface area contributed by atoms with Gasteiger partial charge in [-0.05, 0) is 18.6 Å². The van der Waals surface area contributed by atoms with Crippen molar-refractivity contribution in [3.05, 3.63) is 63.7 Å². The van der Waals surface area contributed by atoms with Gasteiger partial charge in [-0.3, -0.25) is 29.8 Å². The SMILES string of the molecule is Cc1ccc([N+](=O)[O-])cc1N1C(=O)[C@H]2CN[C@@]3(C(=O)Nc4ccccc43)[C@H]2C1=O. The third kappa shape index (κ3) is 2.10. The fourth-order valence-electron chi connectivity index (χ4n) is 4.75. The van der Waals surface area contributed by atoms with E-state index in [1.807, 2.05) is 0 Å². The van der Waals surface area contributed by atoms with Crippen molar-refractivity contribution in [3.63, 3.8) is 0 Å². The first kappa shape index (κ1) is 17.5. The van der Waals surface area contributed by atoms with Crippen LogP contribution in [0.1, 0.15) is 11.1 Å². The van der Waals surface area contributed by atoms with Crippen molar-refractivity contribution < 1.29 is 19.3 Å². The molecule has 9 nitrogen and oxygen atoms in total. The Morgan fingerprint density at radius 3 is 2.66 bits per heavy atom. The predicted molar refractivity (Wildman–Crippen MR) is 102 cm³/mol. The van der Waals surface area contributed by atoms with E-state index in [1.54, 1.807) is 31.2 Å². The second kappa shape index (κ2) is 5.71. The zero-order valence-electron chi connectivity index (χ0n) is 15.3. The molecule has 2 aromatic rings. The fourth-order valence-corrected chi connectivity index (χ4v) is 4.75. The van der Waals surface area contributed by atoms with E-state index < -0.39 is 34.1 Å². The molecule has 3 atom stereocenters. The highest BCUT2D eigenvalue weighted by Gasteiger charge is 2.67. The van der Waals surface area contributed by atoms with Crippen molar-refractivity contribution in [3.8, 4) is 0 Å². The number of carbonyl (C=O) groups is 3. The Labute approximate surface area is 164 Å².